The van der Waals surface area contributed by atoms with Gasteiger partial charge in [-0.05, 0) is 30.3 Å². The molecule has 0 bridgehead atoms. The Morgan fingerprint density at radius 1 is 1.08 bits per heavy atom. The molecule has 2 aromatic rings. The lowest BCUT2D eigenvalue weighted by molar-refractivity contribution is 0.0952. The van der Waals surface area contributed by atoms with E-state index in [0.717, 1.165) is 4.47 Å². The van der Waals surface area contributed by atoms with Crippen molar-refractivity contribution in [2.75, 3.05) is 21.3 Å². The Balaban J connectivity index is 2.18. The Bertz CT molecular complexity index is 783. The Morgan fingerprint density at radius 3 is 2.24 bits per heavy atom. The van der Waals surface area contributed by atoms with Gasteiger partial charge in [-0.1, -0.05) is 15.9 Å². The van der Waals surface area contributed by atoms with Gasteiger partial charge in [-0.3, -0.25) is 4.79 Å². The minimum absolute atomic E-state index is 0.106. The van der Waals surface area contributed by atoms with E-state index in [1.54, 1.807) is 30.3 Å². The quantitative estimate of drug-likeness (QED) is 0.566. The minimum atomic E-state index is -0.424. The van der Waals surface area contributed by atoms with Gasteiger partial charge in [0.1, 0.15) is 5.75 Å². The molecule has 0 fully saturated rings. The molecule has 2 rings (SSSR count). The summed E-state index contributed by atoms with van der Waals surface area (Å²) in [4.78, 5) is 12.3. The summed E-state index contributed by atoms with van der Waals surface area (Å²) >= 11 is 3.31. The van der Waals surface area contributed by atoms with Crippen LogP contribution in [0.4, 0.5) is 0 Å². The van der Waals surface area contributed by atoms with E-state index in [4.69, 9.17) is 14.2 Å². The standard InChI is InChI=1S/C17H17BrN2O5/c1-23-13-5-4-11(18)8-12(13)17(22)20-19-9-10-6-14(24-2)16(21)15(7-10)25-3/h4-9,21H,1-3H3,(H,20,22)/b19-9-. The molecule has 0 spiro atoms. The second-order valence-electron chi connectivity index (χ2n) is 4.82. The predicted molar refractivity (Wildman–Crippen MR) is 97.0 cm³/mol. The topological polar surface area (TPSA) is 89.4 Å². The van der Waals surface area contributed by atoms with Crippen LogP contribution in [0.15, 0.2) is 39.9 Å². The number of nitrogens with zero attached hydrogens (tertiary/aromatic N) is 1. The zero-order chi connectivity index (χ0) is 18.4. The molecule has 132 valence electrons. The number of hydrogen-bond acceptors (Lipinski definition) is 6. The van der Waals surface area contributed by atoms with Crippen molar-refractivity contribution in [2.24, 2.45) is 5.10 Å². The third kappa shape index (κ3) is 4.42. The smallest absolute Gasteiger partial charge is 0.275 e. The SMILES string of the molecule is COc1ccc(Br)cc1C(=O)N/N=C\c1cc(OC)c(O)c(OC)c1. The number of ether oxygens (including phenoxy) is 3. The Morgan fingerprint density at radius 2 is 1.68 bits per heavy atom. The van der Waals surface area contributed by atoms with Crippen LogP contribution >= 0.6 is 15.9 Å². The molecule has 0 atom stereocenters. The fraction of sp³-hybridized carbons (Fsp3) is 0.176. The van der Waals surface area contributed by atoms with Crippen molar-refractivity contribution in [1.82, 2.24) is 5.43 Å². The highest BCUT2D eigenvalue weighted by molar-refractivity contribution is 9.10. The van der Waals surface area contributed by atoms with E-state index in [1.807, 2.05) is 0 Å². The van der Waals surface area contributed by atoms with E-state index >= 15 is 0 Å². The number of carbonyl (C=O) groups excluding carboxylic acids is 1. The third-order valence-corrected chi connectivity index (χ3v) is 3.78. The van der Waals surface area contributed by atoms with Crippen LogP contribution in [0.5, 0.6) is 23.0 Å². The molecule has 0 aliphatic rings. The van der Waals surface area contributed by atoms with Crippen LogP contribution in [0.1, 0.15) is 15.9 Å². The van der Waals surface area contributed by atoms with Gasteiger partial charge in [0.15, 0.2) is 11.5 Å². The van der Waals surface area contributed by atoms with Crippen LogP contribution < -0.4 is 19.6 Å². The summed E-state index contributed by atoms with van der Waals surface area (Å²) in [6.45, 7) is 0. The van der Waals surface area contributed by atoms with E-state index in [9.17, 15) is 9.90 Å². The highest BCUT2D eigenvalue weighted by Crippen LogP contribution is 2.36. The predicted octanol–water partition coefficient (Wildman–Crippen LogP) is 2.94. The first kappa shape index (κ1) is 18.6. The van der Waals surface area contributed by atoms with Gasteiger partial charge in [0.25, 0.3) is 5.91 Å². The normalized spacial score (nSPS) is 10.6. The highest BCUT2D eigenvalue weighted by atomic mass is 79.9. The number of nitrogens with one attached hydrogen (secondary N) is 1. The number of benzene rings is 2. The molecule has 0 aliphatic heterocycles. The first-order chi connectivity index (χ1) is 12.0. The molecule has 0 radical (unpaired) electrons. The van der Waals surface area contributed by atoms with Crippen LogP contribution in [0.25, 0.3) is 0 Å². The zero-order valence-electron chi connectivity index (χ0n) is 13.9. The number of rotatable bonds is 6. The summed E-state index contributed by atoms with van der Waals surface area (Å²) < 4.78 is 16.0. The molecule has 0 aliphatic carbocycles. The lowest BCUT2D eigenvalue weighted by Crippen LogP contribution is -2.18. The van der Waals surface area contributed by atoms with Crippen molar-refractivity contribution in [1.29, 1.82) is 0 Å². The number of carbonyl (C=O) groups is 1. The van der Waals surface area contributed by atoms with Gasteiger partial charge in [0.2, 0.25) is 5.75 Å². The van der Waals surface area contributed by atoms with Crippen molar-refractivity contribution >= 4 is 28.1 Å². The van der Waals surface area contributed by atoms with Crippen LogP contribution in [-0.2, 0) is 0 Å². The van der Waals surface area contributed by atoms with Crippen LogP contribution in [0, 0.1) is 0 Å². The largest absolute Gasteiger partial charge is 0.502 e. The molecule has 25 heavy (non-hydrogen) atoms. The summed E-state index contributed by atoms with van der Waals surface area (Å²) in [6, 6.07) is 8.21. The van der Waals surface area contributed by atoms with Crippen molar-refractivity contribution in [2.45, 2.75) is 0 Å². The molecule has 8 heteroatoms. The maximum Gasteiger partial charge on any atom is 0.275 e. The summed E-state index contributed by atoms with van der Waals surface area (Å²) in [5, 5.41) is 13.8. The van der Waals surface area contributed by atoms with Gasteiger partial charge < -0.3 is 19.3 Å². The lowest BCUT2D eigenvalue weighted by atomic mass is 10.2. The summed E-state index contributed by atoms with van der Waals surface area (Å²) in [6.07, 6.45) is 1.41. The molecule has 1 amide bonds. The Kier molecular flexibility index (Phi) is 6.24. The van der Waals surface area contributed by atoms with Gasteiger partial charge in [-0.2, -0.15) is 5.10 Å². The van der Waals surface area contributed by atoms with Crippen molar-refractivity contribution < 1.29 is 24.1 Å². The molecule has 2 N–H and O–H groups in total. The van der Waals surface area contributed by atoms with Gasteiger partial charge >= 0.3 is 0 Å². The van der Waals surface area contributed by atoms with Crippen LogP contribution in [0.3, 0.4) is 0 Å². The number of halogens is 1. The first-order valence-corrected chi connectivity index (χ1v) is 7.91. The van der Waals surface area contributed by atoms with Gasteiger partial charge in [0.05, 0.1) is 33.1 Å². The van der Waals surface area contributed by atoms with E-state index < -0.39 is 5.91 Å². The average Bonchev–Trinajstić information content (AvgIpc) is 2.62. The molecule has 7 nitrogen and oxygen atoms in total. The maximum absolute atomic E-state index is 12.3. The van der Waals surface area contributed by atoms with Gasteiger partial charge in [-0.15, -0.1) is 0 Å². The number of methoxy groups -OCH3 is 3. The number of phenolic OH excluding ortho intramolecular Hbond substituents is 1. The van der Waals surface area contributed by atoms with Gasteiger partial charge in [-0.25, -0.2) is 5.43 Å². The number of amides is 1. The summed E-state index contributed by atoms with van der Waals surface area (Å²) in [7, 11) is 4.34. The molecule has 0 unspecified atom stereocenters. The lowest BCUT2D eigenvalue weighted by Gasteiger charge is -2.09. The molecule has 0 saturated heterocycles. The minimum Gasteiger partial charge on any atom is -0.502 e. The molecule has 0 heterocycles. The molecular weight excluding hydrogens is 392 g/mol. The fourth-order valence-electron chi connectivity index (χ4n) is 2.07. The molecule has 0 aromatic heterocycles. The van der Waals surface area contributed by atoms with Crippen molar-refractivity contribution in [3.8, 4) is 23.0 Å². The second-order valence-corrected chi connectivity index (χ2v) is 5.73. The van der Waals surface area contributed by atoms with Gasteiger partial charge in [0, 0.05) is 10.0 Å². The van der Waals surface area contributed by atoms with E-state index in [1.165, 1.54) is 27.5 Å². The molecular formula is C17H17BrN2O5. The third-order valence-electron chi connectivity index (χ3n) is 3.29. The van der Waals surface area contributed by atoms with E-state index in [0.29, 0.717) is 16.9 Å². The van der Waals surface area contributed by atoms with Crippen LogP contribution in [-0.4, -0.2) is 38.6 Å². The van der Waals surface area contributed by atoms with Crippen molar-refractivity contribution in [3.63, 3.8) is 0 Å². The highest BCUT2D eigenvalue weighted by Gasteiger charge is 2.13. The van der Waals surface area contributed by atoms with Crippen LogP contribution in [0.2, 0.25) is 0 Å². The molecule has 2 aromatic carbocycles. The monoisotopic (exact) mass is 408 g/mol. The molecule has 0 saturated carbocycles. The zero-order valence-corrected chi connectivity index (χ0v) is 15.5. The number of aromatic hydroxyl groups is 1. The number of phenols is 1. The van der Waals surface area contributed by atoms with Crippen molar-refractivity contribution in [3.05, 3.63) is 45.9 Å². The Hall–Kier alpha value is -2.74. The number of hydrogen-bond donors (Lipinski definition) is 2. The second kappa shape index (κ2) is 8.39. The first-order valence-electron chi connectivity index (χ1n) is 7.12. The maximum atomic E-state index is 12.3. The van der Waals surface area contributed by atoms with E-state index in [-0.39, 0.29) is 17.2 Å². The summed E-state index contributed by atoms with van der Waals surface area (Å²) in [5.74, 6) is 0.377. The Labute approximate surface area is 153 Å². The summed E-state index contributed by atoms with van der Waals surface area (Å²) in [5.41, 5.74) is 3.34. The number of hydrazone groups is 1. The average molecular weight is 409 g/mol. The fourth-order valence-corrected chi connectivity index (χ4v) is 2.43. The van der Waals surface area contributed by atoms with E-state index in [2.05, 4.69) is 26.5 Å².